The lowest BCUT2D eigenvalue weighted by molar-refractivity contribution is 0.0600. The number of carbonyl (C=O) groups excluding carboxylic acids is 1. The lowest BCUT2D eigenvalue weighted by atomic mass is 10.0. The monoisotopic (exact) mass is 457 g/mol. The van der Waals surface area contributed by atoms with Crippen LogP contribution in [0.25, 0.3) is 11.1 Å². The summed E-state index contributed by atoms with van der Waals surface area (Å²) in [5.74, 6) is 1.34. The number of fused-ring (bicyclic) bond motifs is 3. The minimum absolute atomic E-state index is 0.321. The van der Waals surface area contributed by atoms with Gasteiger partial charge in [0.05, 0.1) is 18.4 Å². The van der Waals surface area contributed by atoms with Gasteiger partial charge < -0.3 is 15.0 Å². The van der Waals surface area contributed by atoms with E-state index >= 15 is 0 Å². The number of pyridine rings is 1. The van der Waals surface area contributed by atoms with E-state index in [-0.39, 0.29) is 5.97 Å². The number of likely N-dealkylation sites (tertiary alicyclic amines) is 1. The smallest absolute Gasteiger partial charge is 0.337 e. The number of ether oxygens (including phenoxy) is 1. The Balaban J connectivity index is 1.39. The molecule has 0 saturated carbocycles. The van der Waals surface area contributed by atoms with Crippen LogP contribution in [0, 0.1) is 0 Å². The zero-order valence-electron chi connectivity index (χ0n) is 19.7. The van der Waals surface area contributed by atoms with Gasteiger partial charge in [0, 0.05) is 37.3 Å². The molecule has 2 aliphatic rings. The average molecular weight is 458 g/mol. The van der Waals surface area contributed by atoms with Gasteiger partial charge >= 0.3 is 5.97 Å². The summed E-state index contributed by atoms with van der Waals surface area (Å²) in [4.78, 5) is 28.7. The first kappa shape index (κ1) is 22.5. The first-order valence-electron chi connectivity index (χ1n) is 12.2. The maximum Gasteiger partial charge on any atom is 0.337 e. The highest BCUT2D eigenvalue weighted by Crippen LogP contribution is 2.40. The fourth-order valence-corrected chi connectivity index (χ4v) is 4.96. The van der Waals surface area contributed by atoms with Crippen molar-refractivity contribution in [2.45, 2.75) is 38.5 Å². The number of aromatic nitrogens is 3. The number of hydrogen-bond acceptors (Lipinski definition) is 7. The number of nitrogens with one attached hydrogen (secondary N) is 1. The maximum atomic E-state index is 12.0. The molecule has 2 aromatic heterocycles. The number of nitrogens with zero attached hydrogens (tertiary/aromatic N) is 4. The summed E-state index contributed by atoms with van der Waals surface area (Å²) in [6.45, 7) is 4.41. The molecule has 7 heteroatoms. The van der Waals surface area contributed by atoms with Crippen LogP contribution in [0.5, 0.6) is 0 Å². The van der Waals surface area contributed by atoms with Crippen molar-refractivity contribution in [3.8, 4) is 11.1 Å². The summed E-state index contributed by atoms with van der Waals surface area (Å²) < 4.78 is 4.91. The van der Waals surface area contributed by atoms with E-state index in [1.54, 1.807) is 6.20 Å². The van der Waals surface area contributed by atoms with Crippen molar-refractivity contribution in [1.82, 2.24) is 19.9 Å². The molecule has 7 nitrogen and oxygen atoms in total. The quantitative estimate of drug-likeness (QED) is 0.315. The van der Waals surface area contributed by atoms with Crippen LogP contribution >= 0.6 is 0 Å². The van der Waals surface area contributed by atoms with Gasteiger partial charge in [-0.2, -0.15) is 0 Å². The van der Waals surface area contributed by atoms with Crippen LogP contribution in [0.15, 0.2) is 42.7 Å². The Hall–Kier alpha value is -3.32. The van der Waals surface area contributed by atoms with E-state index in [4.69, 9.17) is 14.7 Å². The largest absolute Gasteiger partial charge is 0.465 e. The molecule has 34 heavy (non-hydrogen) atoms. The lowest BCUT2D eigenvalue weighted by Crippen LogP contribution is -2.31. The molecule has 176 valence electrons. The van der Waals surface area contributed by atoms with Gasteiger partial charge in [-0.05, 0) is 73.8 Å². The van der Waals surface area contributed by atoms with Gasteiger partial charge in [0.2, 0.25) is 0 Å². The zero-order chi connectivity index (χ0) is 23.3. The Morgan fingerprint density at radius 3 is 2.82 bits per heavy atom. The van der Waals surface area contributed by atoms with Crippen molar-refractivity contribution >= 4 is 11.8 Å². The Morgan fingerprint density at radius 2 is 2.03 bits per heavy atom. The maximum absolute atomic E-state index is 12.0. The summed E-state index contributed by atoms with van der Waals surface area (Å²) >= 11 is 0. The van der Waals surface area contributed by atoms with Gasteiger partial charge in [-0.25, -0.2) is 14.8 Å². The molecule has 0 radical (unpaired) electrons. The summed E-state index contributed by atoms with van der Waals surface area (Å²) in [6, 6.07) is 9.73. The molecule has 5 rings (SSSR count). The summed E-state index contributed by atoms with van der Waals surface area (Å²) in [5, 5.41) is 3.62. The molecular formula is C27H31N5O2. The van der Waals surface area contributed by atoms with E-state index in [0.717, 1.165) is 59.1 Å². The number of benzene rings is 1. The number of anilines is 1. The Bertz CT molecular complexity index is 1160. The van der Waals surface area contributed by atoms with Crippen LogP contribution in [0.3, 0.4) is 0 Å². The van der Waals surface area contributed by atoms with E-state index in [1.807, 2.05) is 36.5 Å². The van der Waals surface area contributed by atoms with Gasteiger partial charge in [-0.1, -0.05) is 18.6 Å². The van der Waals surface area contributed by atoms with Crippen LogP contribution < -0.4 is 5.32 Å². The third kappa shape index (κ3) is 4.94. The third-order valence-electron chi connectivity index (χ3n) is 6.66. The molecule has 0 atom stereocenters. The molecule has 3 aromatic rings. The summed E-state index contributed by atoms with van der Waals surface area (Å²) in [6.07, 6.45) is 10.0. The number of rotatable bonds is 8. The van der Waals surface area contributed by atoms with Gasteiger partial charge in [0.15, 0.2) is 0 Å². The van der Waals surface area contributed by atoms with Crippen LogP contribution in [0.2, 0.25) is 0 Å². The predicted molar refractivity (Wildman–Crippen MR) is 132 cm³/mol. The highest BCUT2D eigenvalue weighted by molar-refractivity contribution is 5.92. The van der Waals surface area contributed by atoms with E-state index in [9.17, 15) is 4.79 Å². The number of piperidine rings is 1. The van der Waals surface area contributed by atoms with Gasteiger partial charge in [-0.15, -0.1) is 0 Å². The fraction of sp³-hybridized carbons (Fsp3) is 0.407. The molecule has 1 fully saturated rings. The number of carbonyl (C=O) groups is 1. The standard InChI is InChI=1S/C27H31N5O2/c1-34-27(33)20-8-9-22-21(16-20)17-23-25(22)26(29-11-6-14-32-12-3-2-4-13-32)31-24(30-23)15-19-7-5-10-28-18-19/h5,7-10,16,18H,2-4,6,11-15,17H2,1H3,(H,29,30,31). The van der Waals surface area contributed by atoms with E-state index in [2.05, 4.69) is 15.2 Å². The summed E-state index contributed by atoms with van der Waals surface area (Å²) in [7, 11) is 1.41. The fourth-order valence-electron chi connectivity index (χ4n) is 4.96. The normalized spacial score (nSPS) is 15.0. The molecule has 1 N–H and O–H groups in total. The van der Waals surface area contributed by atoms with Crippen molar-refractivity contribution in [3.63, 3.8) is 0 Å². The van der Waals surface area contributed by atoms with Gasteiger partial charge in [0.1, 0.15) is 11.6 Å². The molecule has 0 unspecified atom stereocenters. The van der Waals surface area contributed by atoms with Crippen LogP contribution in [0.4, 0.5) is 5.82 Å². The van der Waals surface area contributed by atoms with E-state index < -0.39 is 0 Å². The van der Waals surface area contributed by atoms with Crippen LogP contribution in [-0.4, -0.2) is 59.1 Å². The van der Waals surface area contributed by atoms with Crippen molar-refractivity contribution in [1.29, 1.82) is 0 Å². The molecule has 1 saturated heterocycles. The second-order valence-electron chi connectivity index (χ2n) is 9.07. The van der Waals surface area contributed by atoms with Crippen molar-refractivity contribution in [3.05, 3.63) is 70.9 Å². The predicted octanol–water partition coefficient (Wildman–Crippen LogP) is 4.11. The second-order valence-corrected chi connectivity index (χ2v) is 9.07. The van der Waals surface area contributed by atoms with E-state index in [0.29, 0.717) is 18.4 Å². The highest BCUT2D eigenvalue weighted by atomic mass is 16.5. The minimum Gasteiger partial charge on any atom is -0.465 e. The number of esters is 1. The molecule has 3 heterocycles. The zero-order valence-corrected chi connectivity index (χ0v) is 19.7. The number of methoxy groups -OCH3 is 1. The van der Waals surface area contributed by atoms with Gasteiger partial charge in [0.25, 0.3) is 0 Å². The topological polar surface area (TPSA) is 80.2 Å². The minimum atomic E-state index is -0.321. The Kier molecular flexibility index (Phi) is 6.81. The van der Waals surface area contributed by atoms with Crippen LogP contribution in [-0.2, 0) is 17.6 Å². The molecule has 1 aliphatic heterocycles. The van der Waals surface area contributed by atoms with Gasteiger partial charge in [-0.3, -0.25) is 4.98 Å². The molecule has 1 aromatic carbocycles. The molecule has 0 amide bonds. The molecule has 1 aliphatic carbocycles. The highest BCUT2D eigenvalue weighted by Gasteiger charge is 2.26. The first-order valence-corrected chi connectivity index (χ1v) is 12.2. The lowest BCUT2D eigenvalue weighted by Gasteiger charge is -2.26. The summed E-state index contributed by atoms with van der Waals surface area (Å²) in [5.41, 5.74) is 5.88. The third-order valence-corrected chi connectivity index (χ3v) is 6.66. The van der Waals surface area contributed by atoms with Crippen molar-refractivity contribution in [2.75, 3.05) is 38.6 Å². The van der Waals surface area contributed by atoms with Crippen molar-refractivity contribution < 1.29 is 9.53 Å². The molecular weight excluding hydrogens is 426 g/mol. The number of hydrogen-bond donors (Lipinski definition) is 1. The average Bonchev–Trinajstić information content (AvgIpc) is 3.25. The SMILES string of the molecule is COC(=O)c1ccc2c(c1)Cc1nc(Cc3cccnc3)nc(NCCCN3CCCCC3)c1-2. The first-order chi connectivity index (χ1) is 16.7. The Labute approximate surface area is 200 Å². The Morgan fingerprint density at radius 1 is 1.15 bits per heavy atom. The second kappa shape index (κ2) is 10.3. The van der Waals surface area contributed by atoms with Crippen molar-refractivity contribution in [2.24, 2.45) is 0 Å². The van der Waals surface area contributed by atoms with Crippen LogP contribution in [0.1, 0.15) is 58.7 Å². The molecule has 0 spiro atoms. The molecule has 0 bridgehead atoms. The van der Waals surface area contributed by atoms with E-state index in [1.165, 1.54) is 39.5 Å².